The SMILES string of the molecule is N#CC1(C(=O)c2cccc(C(F)(F)F)c2)COC1. The normalized spacial score (nSPS) is 17.7. The summed E-state index contributed by atoms with van der Waals surface area (Å²) in [6.07, 6.45) is -4.51. The van der Waals surface area contributed by atoms with E-state index in [2.05, 4.69) is 0 Å². The average molecular weight is 255 g/mol. The smallest absolute Gasteiger partial charge is 0.377 e. The van der Waals surface area contributed by atoms with Gasteiger partial charge in [-0.25, -0.2) is 0 Å². The van der Waals surface area contributed by atoms with E-state index in [1.54, 1.807) is 0 Å². The number of ether oxygens (including phenoxy) is 1. The average Bonchev–Trinajstić information content (AvgIpc) is 2.27. The number of carbonyl (C=O) groups excluding carboxylic acids is 1. The quantitative estimate of drug-likeness (QED) is 0.762. The number of hydrogen-bond acceptors (Lipinski definition) is 3. The molecule has 1 aliphatic rings. The van der Waals surface area contributed by atoms with Gasteiger partial charge in [0.25, 0.3) is 0 Å². The number of nitriles is 1. The maximum atomic E-state index is 12.5. The van der Waals surface area contributed by atoms with Gasteiger partial charge in [0.1, 0.15) is 0 Å². The van der Waals surface area contributed by atoms with Crippen LogP contribution in [0.4, 0.5) is 13.2 Å². The number of carbonyl (C=O) groups is 1. The molecular weight excluding hydrogens is 247 g/mol. The number of ketones is 1. The number of alkyl halides is 3. The van der Waals surface area contributed by atoms with Gasteiger partial charge in [-0.05, 0) is 12.1 Å². The van der Waals surface area contributed by atoms with Gasteiger partial charge in [0.15, 0.2) is 11.2 Å². The van der Waals surface area contributed by atoms with E-state index < -0.39 is 22.9 Å². The molecule has 2 rings (SSSR count). The third kappa shape index (κ3) is 1.97. The summed E-state index contributed by atoms with van der Waals surface area (Å²) in [5.41, 5.74) is -2.35. The molecule has 0 unspecified atom stereocenters. The third-order valence-electron chi connectivity index (χ3n) is 2.80. The standard InChI is InChI=1S/C12H8F3NO2/c13-12(14,15)9-3-1-2-8(4-9)10(17)11(5-16)6-18-7-11/h1-4H,6-7H2. The molecule has 3 nitrogen and oxygen atoms in total. The second-order valence-corrected chi connectivity index (χ2v) is 4.09. The molecule has 1 aliphatic heterocycles. The zero-order valence-corrected chi connectivity index (χ0v) is 9.12. The summed E-state index contributed by atoms with van der Waals surface area (Å²) < 4.78 is 42.3. The zero-order chi connectivity index (χ0) is 13.4. The van der Waals surface area contributed by atoms with Crippen molar-refractivity contribution in [3.8, 4) is 6.07 Å². The molecule has 0 bridgehead atoms. The highest BCUT2D eigenvalue weighted by Gasteiger charge is 2.47. The van der Waals surface area contributed by atoms with Gasteiger partial charge in [-0.3, -0.25) is 4.79 Å². The van der Waals surface area contributed by atoms with Gasteiger partial charge in [0.05, 0.1) is 24.8 Å². The number of nitrogens with zero attached hydrogens (tertiary/aromatic N) is 1. The van der Waals surface area contributed by atoms with Crippen LogP contribution >= 0.6 is 0 Å². The maximum Gasteiger partial charge on any atom is 0.416 e. The first-order chi connectivity index (χ1) is 8.39. The van der Waals surface area contributed by atoms with Gasteiger partial charge in [0, 0.05) is 5.56 Å². The predicted molar refractivity (Wildman–Crippen MR) is 54.6 cm³/mol. The lowest BCUT2D eigenvalue weighted by atomic mass is 9.80. The number of benzene rings is 1. The van der Waals surface area contributed by atoms with Crippen LogP contribution < -0.4 is 0 Å². The Morgan fingerprint density at radius 1 is 1.39 bits per heavy atom. The van der Waals surface area contributed by atoms with E-state index in [-0.39, 0.29) is 18.8 Å². The Bertz CT molecular complexity index is 527. The van der Waals surface area contributed by atoms with Crippen LogP contribution in [-0.4, -0.2) is 19.0 Å². The maximum absolute atomic E-state index is 12.5. The topological polar surface area (TPSA) is 50.1 Å². The van der Waals surface area contributed by atoms with Crippen LogP contribution in [0.1, 0.15) is 15.9 Å². The molecular formula is C12H8F3NO2. The van der Waals surface area contributed by atoms with Crippen molar-refractivity contribution in [2.45, 2.75) is 6.18 Å². The summed E-state index contributed by atoms with van der Waals surface area (Å²) in [5, 5.41) is 8.92. The van der Waals surface area contributed by atoms with Crippen molar-refractivity contribution in [2.75, 3.05) is 13.2 Å². The molecule has 0 atom stereocenters. The van der Waals surface area contributed by atoms with Crippen molar-refractivity contribution in [2.24, 2.45) is 5.41 Å². The first-order valence-electron chi connectivity index (χ1n) is 5.10. The summed E-state index contributed by atoms with van der Waals surface area (Å²) in [7, 11) is 0. The van der Waals surface area contributed by atoms with E-state index in [1.807, 2.05) is 6.07 Å². The van der Waals surface area contributed by atoms with Crippen LogP contribution in [0.15, 0.2) is 24.3 Å². The van der Waals surface area contributed by atoms with Gasteiger partial charge in [-0.1, -0.05) is 12.1 Å². The number of hydrogen-bond donors (Lipinski definition) is 0. The highest BCUT2D eigenvalue weighted by atomic mass is 19.4. The van der Waals surface area contributed by atoms with Crippen molar-refractivity contribution in [1.82, 2.24) is 0 Å². The van der Waals surface area contributed by atoms with Crippen LogP contribution in [0.25, 0.3) is 0 Å². The molecule has 6 heteroatoms. The molecule has 1 aromatic rings. The van der Waals surface area contributed by atoms with Crippen molar-refractivity contribution in [1.29, 1.82) is 5.26 Å². The molecule has 0 saturated carbocycles. The van der Waals surface area contributed by atoms with Crippen LogP contribution in [-0.2, 0) is 10.9 Å². The van der Waals surface area contributed by atoms with Crippen LogP contribution in [0, 0.1) is 16.7 Å². The lowest BCUT2D eigenvalue weighted by Crippen LogP contribution is -2.47. The number of halogens is 3. The second-order valence-electron chi connectivity index (χ2n) is 4.09. The molecule has 0 radical (unpaired) electrons. The molecule has 18 heavy (non-hydrogen) atoms. The fraction of sp³-hybridized carbons (Fsp3) is 0.333. The summed E-state index contributed by atoms with van der Waals surface area (Å²) in [5.74, 6) is -0.623. The number of Topliss-reactive ketones (excluding diaryl/α,β-unsaturated/α-hetero) is 1. The lowest BCUT2D eigenvalue weighted by Gasteiger charge is -2.33. The summed E-state index contributed by atoms with van der Waals surface area (Å²) >= 11 is 0. The molecule has 0 N–H and O–H groups in total. The molecule has 0 spiro atoms. The third-order valence-corrected chi connectivity index (χ3v) is 2.80. The molecule has 1 saturated heterocycles. The molecule has 1 aromatic carbocycles. The molecule has 0 amide bonds. The predicted octanol–water partition coefficient (Wildman–Crippen LogP) is 2.43. The summed E-state index contributed by atoms with van der Waals surface area (Å²) in [6.45, 7) is -0.142. The highest BCUT2D eigenvalue weighted by molar-refractivity contribution is 6.03. The Morgan fingerprint density at radius 2 is 2.06 bits per heavy atom. The van der Waals surface area contributed by atoms with Gasteiger partial charge in [-0.2, -0.15) is 18.4 Å². The molecule has 0 aromatic heterocycles. The second kappa shape index (κ2) is 4.10. The van der Waals surface area contributed by atoms with E-state index >= 15 is 0 Å². The van der Waals surface area contributed by atoms with E-state index in [1.165, 1.54) is 6.07 Å². The minimum atomic E-state index is -4.51. The van der Waals surface area contributed by atoms with Gasteiger partial charge < -0.3 is 4.74 Å². The molecule has 0 aliphatic carbocycles. The van der Waals surface area contributed by atoms with E-state index in [4.69, 9.17) is 10.00 Å². The summed E-state index contributed by atoms with van der Waals surface area (Å²) in [6, 6.07) is 5.89. The molecule has 94 valence electrons. The highest BCUT2D eigenvalue weighted by Crippen LogP contribution is 2.34. The molecule has 1 heterocycles. The first kappa shape index (κ1) is 12.6. The van der Waals surface area contributed by atoms with Gasteiger partial charge >= 0.3 is 6.18 Å². The van der Waals surface area contributed by atoms with Gasteiger partial charge in [0.2, 0.25) is 0 Å². The Labute approximate surface area is 101 Å². The van der Waals surface area contributed by atoms with Crippen molar-refractivity contribution >= 4 is 5.78 Å². The van der Waals surface area contributed by atoms with Gasteiger partial charge in [-0.15, -0.1) is 0 Å². The van der Waals surface area contributed by atoms with Crippen molar-refractivity contribution in [3.63, 3.8) is 0 Å². The zero-order valence-electron chi connectivity index (χ0n) is 9.12. The number of rotatable bonds is 2. The Kier molecular flexibility index (Phi) is 2.87. The first-order valence-corrected chi connectivity index (χ1v) is 5.10. The Balaban J connectivity index is 2.35. The van der Waals surface area contributed by atoms with Crippen LogP contribution in [0.5, 0.6) is 0 Å². The van der Waals surface area contributed by atoms with E-state index in [0.29, 0.717) is 0 Å². The fourth-order valence-corrected chi connectivity index (χ4v) is 1.67. The lowest BCUT2D eigenvalue weighted by molar-refractivity contribution is -0.137. The van der Waals surface area contributed by atoms with Crippen molar-refractivity contribution < 1.29 is 22.7 Å². The minimum Gasteiger partial charge on any atom is -0.377 e. The Hall–Kier alpha value is -1.87. The fourth-order valence-electron chi connectivity index (χ4n) is 1.67. The van der Waals surface area contributed by atoms with Crippen molar-refractivity contribution in [3.05, 3.63) is 35.4 Å². The summed E-state index contributed by atoms with van der Waals surface area (Å²) in [4.78, 5) is 12.0. The Morgan fingerprint density at radius 3 is 2.50 bits per heavy atom. The van der Waals surface area contributed by atoms with Crippen LogP contribution in [0.3, 0.4) is 0 Å². The minimum absolute atomic E-state index is 0.0709. The van der Waals surface area contributed by atoms with E-state index in [9.17, 15) is 18.0 Å². The monoisotopic (exact) mass is 255 g/mol. The van der Waals surface area contributed by atoms with E-state index in [0.717, 1.165) is 18.2 Å². The molecule has 1 fully saturated rings. The largest absolute Gasteiger partial charge is 0.416 e. The van der Waals surface area contributed by atoms with Crippen LogP contribution in [0.2, 0.25) is 0 Å².